The van der Waals surface area contributed by atoms with E-state index in [2.05, 4.69) is 4.74 Å². The Morgan fingerprint density at radius 1 is 0.947 bits per heavy atom. The van der Waals surface area contributed by atoms with Gasteiger partial charge in [-0.2, -0.15) is 0 Å². The molecule has 0 heterocycles. The molecule has 4 nitrogen and oxygen atoms in total. The Hall–Kier alpha value is -1.97. The number of rotatable bonds is 8. The molecule has 0 aliphatic carbocycles. The number of carbonyl (C=O) groups excluding carboxylic acids is 3. The first kappa shape index (κ1) is 15.1. The van der Waals surface area contributed by atoms with Crippen LogP contribution in [0.1, 0.15) is 42.5 Å². The second-order valence-electron chi connectivity index (χ2n) is 4.26. The van der Waals surface area contributed by atoms with Crippen molar-refractivity contribution >= 4 is 17.5 Å². The van der Waals surface area contributed by atoms with Gasteiger partial charge in [-0.1, -0.05) is 30.3 Å². The highest BCUT2D eigenvalue weighted by molar-refractivity contribution is 5.98. The predicted octanol–water partition coefficient (Wildman–Crippen LogP) is 2.56. The maximum absolute atomic E-state index is 11.8. The molecular formula is C15H18O4. The monoisotopic (exact) mass is 262 g/mol. The van der Waals surface area contributed by atoms with Gasteiger partial charge in [0.1, 0.15) is 5.78 Å². The molecular weight excluding hydrogens is 244 g/mol. The zero-order valence-electron chi connectivity index (χ0n) is 11.1. The van der Waals surface area contributed by atoms with Crippen LogP contribution in [0.2, 0.25) is 0 Å². The first-order valence-corrected chi connectivity index (χ1v) is 6.30. The molecule has 0 amide bonds. The number of ketones is 2. The van der Waals surface area contributed by atoms with Gasteiger partial charge in [-0.25, -0.2) is 0 Å². The molecule has 0 bridgehead atoms. The molecule has 0 radical (unpaired) electrons. The van der Waals surface area contributed by atoms with Crippen LogP contribution >= 0.6 is 0 Å². The van der Waals surface area contributed by atoms with Gasteiger partial charge in [-0.05, 0) is 6.42 Å². The summed E-state index contributed by atoms with van der Waals surface area (Å²) >= 11 is 0. The third-order valence-corrected chi connectivity index (χ3v) is 2.79. The summed E-state index contributed by atoms with van der Waals surface area (Å²) in [7, 11) is 1.32. The number of methoxy groups -OCH3 is 1. The Bertz CT molecular complexity index is 437. The van der Waals surface area contributed by atoms with Crippen LogP contribution in [-0.2, 0) is 14.3 Å². The summed E-state index contributed by atoms with van der Waals surface area (Å²) in [6, 6.07) is 8.92. The van der Waals surface area contributed by atoms with Crippen molar-refractivity contribution in [2.45, 2.75) is 32.1 Å². The van der Waals surface area contributed by atoms with Gasteiger partial charge in [0.15, 0.2) is 5.78 Å². The zero-order valence-corrected chi connectivity index (χ0v) is 11.1. The fraction of sp³-hybridized carbons (Fsp3) is 0.400. The summed E-state index contributed by atoms with van der Waals surface area (Å²) < 4.78 is 4.48. The Labute approximate surface area is 112 Å². The lowest BCUT2D eigenvalue weighted by Crippen LogP contribution is -2.06. The standard InChI is InChI=1S/C15H18O4/c1-19-15(18)9-5-8-13(16)10-11-14(17)12-6-3-2-4-7-12/h2-4,6-7H,5,8-11H2,1H3. The van der Waals surface area contributed by atoms with Gasteiger partial charge < -0.3 is 4.74 Å². The maximum Gasteiger partial charge on any atom is 0.305 e. The third kappa shape index (κ3) is 5.95. The van der Waals surface area contributed by atoms with Crippen molar-refractivity contribution in [3.63, 3.8) is 0 Å². The van der Waals surface area contributed by atoms with Crippen molar-refractivity contribution in [3.05, 3.63) is 35.9 Å². The van der Waals surface area contributed by atoms with Crippen molar-refractivity contribution in [1.29, 1.82) is 0 Å². The van der Waals surface area contributed by atoms with Crippen LogP contribution in [0.3, 0.4) is 0 Å². The average Bonchev–Trinajstić information content (AvgIpc) is 2.45. The molecule has 0 unspecified atom stereocenters. The van der Waals surface area contributed by atoms with Gasteiger partial charge in [0.2, 0.25) is 0 Å². The highest BCUT2D eigenvalue weighted by Gasteiger charge is 2.09. The molecule has 1 rings (SSSR count). The van der Waals surface area contributed by atoms with Crippen molar-refractivity contribution in [1.82, 2.24) is 0 Å². The quantitative estimate of drug-likeness (QED) is 0.533. The van der Waals surface area contributed by atoms with Crippen LogP contribution < -0.4 is 0 Å². The Morgan fingerprint density at radius 2 is 1.63 bits per heavy atom. The molecule has 0 fully saturated rings. The molecule has 0 aliphatic heterocycles. The summed E-state index contributed by atoms with van der Waals surface area (Å²) in [6.07, 6.45) is 1.49. The van der Waals surface area contributed by atoms with Crippen LogP contribution in [0.25, 0.3) is 0 Å². The Morgan fingerprint density at radius 3 is 2.26 bits per heavy atom. The summed E-state index contributed by atoms with van der Waals surface area (Å²) in [6.45, 7) is 0. The molecule has 0 N–H and O–H groups in total. The van der Waals surface area contributed by atoms with E-state index in [1.54, 1.807) is 24.3 Å². The number of carbonyl (C=O) groups is 3. The number of hydrogen-bond acceptors (Lipinski definition) is 4. The van der Waals surface area contributed by atoms with Crippen LogP contribution in [0.15, 0.2) is 30.3 Å². The molecule has 0 aromatic heterocycles. The van der Waals surface area contributed by atoms with E-state index in [1.165, 1.54) is 7.11 Å². The minimum atomic E-state index is -0.312. The highest BCUT2D eigenvalue weighted by Crippen LogP contribution is 2.08. The van der Waals surface area contributed by atoms with Crippen molar-refractivity contribution in [2.24, 2.45) is 0 Å². The van der Waals surface area contributed by atoms with E-state index in [9.17, 15) is 14.4 Å². The molecule has 0 saturated heterocycles. The highest BCUT2D eigenvalue weighted by atomic mass is 16.5. The number of ether oxygens (including phenoxy) is 1. The second kappa shape index (κ2) is 8.19. The molecule has 0 aliphatic rings. The molecule has 0 atom stereocenters. The number of benzene rings is 1. The normalized spacial score (nSPS) is 9.95. The fourth-order valence-corrected chi connectivity index (χ4v) is 1.68. The fourth-order valence-electron chi connectivity index (χ4n) is 1.68. The molecule has 102 valence electrons. The van der Waals surface area contributed by atoms with Gasteiger partial charge in [0.05, 0.1) is 7.11 Å². The Balaban J connectivity index is 2.23. The molecule has 1 aromatic carbocycles. The van der Waals surface area contributed by atoms with E-state index in [1.807, 2.05) is 6.07 Å². The second-order valence-corrected chi connectivity index (χ2v) is 4.26. The summed E-state index contributed by atoms with van der Waals surface area (Å²) in [5.74, 6) is -0.330. The first-order chi connectivity index (χ1) is 9.13. The van der Waals surface area contributed by atoms with E-state index in [4.69, 9.17) is 0 Å². The molecule has 0 spiro atoms. The smallest absolute Gasteiger partial charge is 0.305 e. The first-order valence-electron chi connectivity index (χ1n) is 6.30. The lowest BCUT2D eigenvalue weighted by molar-refractivity contribution is -0.140. The number of Topliss-reactive ketones (excluding diaryl/α,β-unsaturated/α-hetero) is 2. The SMILES string of the molecule is COC(=O)CCCC(=O)CCC(=O)c1ccccc1. The molecule has 1 aromatic rings. The topological polar surface area (TPSA) is 60.4 Å². The van der Waals surface area contributed by atoms with Gasteiger partial charge in [-0.15, -0.1) is 0 Å². The summed E-state index contributed by atoms with van der Waals surface area (Å²) in [5, 5.41) is 0. The molecule has 19 heavy (non-hydrogen) atoms. The van der Waals surface area contributed by atoms with E-state index < -0.39 is 0 Å². The minimum absolute atomic E-state index is 0.00758. The van der Waals surface area contributed by atoms with Crippen molar-refractivity contribution in [3.8, 4) is 0 Å². The van der Waals surface area contributed by atoms with Crippen molar-refractivity contribution in [2.75, 3.05) is 7.11 Å². The van der Waals surface area contributed by atoms with Crippen LogP contribution in [0, 0.1) is 0 Å². The van der Waals surface area contributed by atoms with E-state index in [0.29, 0.717) is 18.4 Å². The Kier molecular flexibility index (Phi) is 6.50. The van der Waals surface area contributed by atoms with E-state index >= 15 is 0 Å². The lowest BCUT2D eigenvalue weighted by Gasteiger charge is -2.01. The zero-order chi connectivity index (χ0) is 14.1. The van der Waals surface area contributed by atoms with E-state index in [-0.39, 0.29) is 36.8 Å². The van der Waals surface area contributed by atoms with Gasteiger partial charge in [0, 0.05) is 31.2 Å². The van der Waals surface area contributed by atoms with Crippen molar-refractivity contribution < 1.29 is 19.1 Å². The van der Waals surface area contributed by atoms with Gasteiger partial charge in [0.25, 0.3) is 0 Å². The van der Waals surface area contributed by atoms with Crippen LogP contribution in [0.5, 0.6) is 0 Å². The van der Waals surface area contributed by atoms with Gasteiger partial charge in [-0.3, -0.25) is 14.4 Å². The predicted molar refractivity (Wildman–Crippen MR) is 70.9 cm³/mol. The lowest BCUT2D eigenvalue weighted by atomic mass is 10.0. The minimum Gasteiger partial charge on any atom is -0.469 e. The molecule has 0 saturated carbocycles. The largest absolute Gasteiger partial charge is 0.469 e. The van der Waals surface area contributed by atoms with Crippen LogP contribution in [-0.4, -0.2) is 24.6 Å². The summed E-state index contributed by atoms with van der Waals surface area (Å²) in [4.78, 5) is 34.2. The number of hydrogen-bond donors (Lipinski definition) is 0. The number of esters is 1. The summed E-state index contributed by atoms with van der Waals surface area (Å²) in [5.41, 5.74) is 0.630. The molecule has 4 heteroatoms. The average molecular weight is 262 g/mol. The van der Waals surface area contributed by atoms with Crippen LogP contribution in [0.4, 0.5) is 0 Å². The third-order valence-electron chi connectivity index (χ3n) is 2.79. The van der Waals surface area contributed by atoms with E-state index in [0.717, 1.165) is 0 Å². The van der Waals surface area contributed by atoms with Gasteiger partial charge >= 0.3 is 5.97 Å². The maximum atomic E-state index is 11.8.